The van der Waals surface area contributed by atoms with E-state index >= 15 is 0 Å². The Kier molecular flexibility index (Phi) is 4.38. The Morgan fingerprint density at radius 2 is 2.14 bits per heavy atom. The Hall–Kier alpha value is -1.80. The summed E-state index contributed by atoms with van der Waals surface area (Å²) in [6.45, 7) is 1.77. The second kappa shape index (κ2) is 5.90. The van der Waals surface area contributed by atoms with Gasteiger partial charge in [-0.15, -0.1) is 11.3 Å². The van der Waals surface area contributed by atoms with Crippen LogP contribution in [0.3, 0.4) is 0 Å². The number of aromatic nitrogens is 1. The van der Waals surface area contributed by atoms with Gasteiger partial charge in [0.2, 0.25) is 0 Å². The number of aryl methyl sites for hydroxylation is 2. The Labute approximate surface area is 125 Å². The average molecular weight is 329 g/mol. The molecular formula is C13H12FNO4S2. The number of benzene rings is 1. The Morgan fingerprint density at radius 1 is 1.43 bits per heavy atom. The van der Waals surface area contributed by atoms with Gasteiger partial charge < -0.3 is 5.11 Å². The van der Waals surface area contributed by atoms with Crippen molar-refractivity contribution in [3.05, 3.63) is 45.7 Å². The summed E-state index contributed by atoms with van der Waals surface area (Å²) in [7, 11) is -3.90. The fourth-order valence-electron chi connectivity index (χ4n) is 1.78. The van der Waals surface area contributed by atoms with E-state index in [9.17, 15) is 17.6 Å². The van der Waals surface area contributed by atoms with Crippen LogP contribution in [0.1, 0.15) is 20.9 Å². The Morgan fingerprint density at radius 3 is 2.71 bits per heavy atom. The molecule has 0 aliphatic carbocycles. The van der Waals surface area contributed by atoms with Crippen LogP contribution in [0.5, 0.6) is 0 Å². The first-order valence-electron chi connectivity index (χ1n) is 5.96. The van der Waals surface area contributed by atoms with E-state index in [1.807, 2.05) is 0 Å². The van der Waals surface area contributed by atoms with E-state index in [0.29, 0.717) is 0 Å². The van der Waals surface area contributed by atoms with Crippen LogP contribution in [0.15, 0.2) is 28.6 Å². The summed E-state index contributed by atoms with van der Waals surface area (Å²) in [4.78, 5) is 15.1. The van der Waals surface area contributed by atoms with Crippen molar-refractivity contribution in [3.8, 4) is 0 Å². The number of carboxylic acids is 1. The summed E-state index contributed by atoms with van der Waals surface area (Å²) in [6.07, 6.45) is 0.218. The topological polar surface area (TPSA) is 84.3 Å². The molecule has 0 amide bonds. The second-order valence-corrected chi connectivity index (χ2v) is 7.40. The van der Waals surface area contributed by atoms with Gasteiger partial charge in [-0.25, -0.2) is 22.6 Å². The largest absolute Gasteiger partial charge is 0.478 e. The maximum absolute atomic E-state index is 13.7. The highest BCUT2D eigenvalue weighted by molar-refractivity contribution is 7.91. The van der Waals surface area contributed by atoms with Crippen molar-refractivity contribution in [2.75, 3.05) is 5.75 Å². The number of carbonyl (C=O) groups is 1. The molecule has 0 saturated heterocycles. The minimum atomic E-state index is -3.90. The molecule has 0 atom stereocenters. The van der Waals surface area contributed by atoms with Crippen LogP contribution < -0.4 is 0 Å². The lowest BCUT2D eigenvalue weighted by atomic mass is 10.2. The van der Waals surface area contributed by atoms with Crippen molar-refractivity contribution in [3.63, 3.8) is 0 Å². The van der Waals surface area contributed by atoms with Gasteiger partial charge in [-0.05, 0) is 31.5 Å². The first-order chi connectivity index (χ1) is 9.81. The van der Waals surface area contributed by atoms with Gasteiger partial charge in [0.05, 0.1) is 22.5 Å². The zero-order chi connectivity index (χ0) is 15.6. The number of sulfone groups is 1. The molecule has 0 spiro atoms. The minimum Gasteiger partial charge on any atom is -0.478 e. The molecule has 1 aromatic heterocycles. The zero-order valence-corrected chi connectivity index (χ0v) is 12.7. The molecule has 0 saturated carbocycles. The first-order valence-corrected chi connectivity index (χ1v) is 8.49. The molecule has 0 radical (unpaired) electrons. The molecule has 2 rings (SSSR count). The highest BCUT2D eigenvalue weighted by Crippen LogP contribution is 2.21. The second-order valence-electron chi connectivity index (χ2n) is 4.38. The molecule has 2 aromatic rings. The van der Waals surface area contributed by atoms with Gasteiger partial charge in [-0.1, -0.05) is 0 Å². The highest BCUT2D eigenvalue weighted by atomic mass is 32.2. The molecular weight excluding hydrogens is 317 g/mol. The molecule has 112 valence electrons. The number of rotatable bonds is 5. The Balaban J connectivity index is 2.29. The lowest BCUT2D eigenvalue weighted by molar-refractivity contribution is 0.0696. The third-order valence-electron chi connectivity index (χ3n) is 2.96. The number of aromatic carboxylic acids is 1. The normalized spacial score (nSPS) is 11.5. The summed E-state index contributed by atoms with van der Waals surface area (Å²) in [6, 6.07) is 2.74. The molecule has 21 heavy (non-hydrogen) atoms. The zero-order valence-electron chi connectivity index (χ0n) is 11.0. The lowest BCUT2D eigenvalue weighted by Gasteiger charge is -2.06. The lowest BCUT2D eigenvalue weighted by Crippen LogP contribution is -2.12. The Bertz CT molecular complexity index is 783. The van der Waals surface area contributed by atoms with Gasteiger partial charge in [0, 0.05) is 4.88 Å². The predicted octanol–water partition coefficient (Wildman–Crippen LogP) is 2.31. The molecule has 0 aliphatic heterocycles. The van der Waals surface area contributed by atoms with Crippen molar-refractivity contribution in [2.24, 2.45) is 0 Å². The van der Waals surface area contributed by atoms with Crippen molar-refractivity contribution < 1.29 is 22.7 Å². The van der Waals surface area contributed by atoms with Gasteiger partial charge in [0.15, 0.2) is 9.84 Å². The van der Waals surface area contributed by atoms with Crippen LogP contribution >= 0.6 is 11.3 Å². The number of carboxylic acid groups (broad SMARTS) is 1. The standard InChI is InChI=1S/C13H12FNO4S2/c1-8-11(20-7-15-8)4-5-21(18,19)12-6-9(13(16)17)2-3-10(12)14/h2-3,6-7H,4-5H2,1H3,(H,16,17). The summed E-state index contributed by atoms with van der Waals surface area (Å²) in [5, 5.41) is 8.86. The van der Waals surface area contributed by atoms with Gasteiger partial charge >= 0.3 is 5.97 Å². The van der Waals surface area contributed by atoms with Gasteiger partial charge in [0.1, 0.15) is 10.7 Å². The van der Waals surface area contributed by atoms with E-state index in [0.717, 1.165) is 28.8 Å². The van der Waals surface area contributed by atoms with E-state index in [-0.39, 0.29) is 17.7 Å². The monoisotopic (exact) mass is 329 g/mol. The predicted molar refractivity (Wildman–Crippen MR) is 76.0 cm³/mol. The quantitative estimate of drug-likeness (QED) is 0.910. The number of halogens is 1. The molecule has 0 aliphatic rings. The molecule has 8 heteroatoms. The summed E-state index contributed by atoms with van der Waals surface area (Å²) < 4.78 is 38.1. The third-order valence-corrected chi connectivity index (χ3v) is 5.68. The maximum atomic E-state index is 13.7. The van der Waals surface area contributed by atoms with E-state index < -0.39 is 26.5 Å². The van der Waals surface area contributed by atoms with Crippen molar-refractivity contribution in [1.29, 1.82) is 0 Å². The number of hydrogen-bond donors (Lipinski definition) is 1. The fourth-order valence-corrected chi connectivity index (χ4v) is 4.05. The van der Waals surface area contributed by atoms with Crippen LogP contribution in [-0.2, 0) is 16.3 Å². The molecule has 0 unspecified atom stereocenters. The number of nitrogens with zero attached hydrogens (tertiary/aromatic N) is 1. The minimum absolute atomic E-state index is 0.218. The summed E-state index contributed by atoms with van der Waals surface area (Å²) >= 11 is 1.33. The first kappa shape index (κ1) is 15.6. The maximum Gasteiger partial charge on any atom is 0.335 e. The van der Waals surface area contributed by atoms with Gasteiger partial charge in [-0.3, -0.25) is 0 Å². The van der Waals surface area contributed by atoms with Crippen LogP contribution in [-0.4, -0.2) is 30.2 Å². The molecule has 0 bridgehead atoms. The van der Waals surface area contributed by atoms with E-state index in [1.54, 1.807) is 12.4 Å². The molecule has 1 N–H and O–H groups in total. The number of hydrogen-bond acceptors (Lipinski definition) is 5. The van der Waals surface area contributed by atoms with Crippen molar-refractivity contribution in [2.45, 2.75) is 18.2 Å². The third kappa shape index (κ3) is 3.45. The van der Waals surface area contributed by atoms with Crippen LogP contribution in [0.2, 0.25) is 0 Å². The molecule has 5 nitrogen and oxygen atoms in total. The fraction of sp³-hybridized carbons (Fsp3) is 0.231. The van der Waals surface area contributed by atoms with Gasteiger partial charge in [-0.2, -0.15) is 0 Å². The van der Waals surface area contributed by atoms with E-state index in [1.165, 1.54) is 11.3 Å². The summed E-state index contributed by atoms with van der Waals surface area (Å²) in [5.74, 6) is -2.54. The van der Waals surface area contributed by atoms with Crippen LogP contribution in [0.25, 0.3) is 0 Å². The van der Waals surface area contributed by atoms with E-state index in [2.05, 4.69) is 4.98 Å². The van der Waals surface area contributed by atoms with Crippen molar-refractivity contribution >= 4 is 27.1 Å². The van der Waals surface area contributed by atoms with E-state index in [4.69, 9.17) is 5.11 Å². The SMILES string of the molecule is Cc1ncsc1CCS(=O)(=O)c1cc(C(=O)O)ccc1F. The summed E-state index contributed by atoms with van der Waals surface area (Å²) in [5.41, 5.74) is 2.10. The van der Waals surface area contributed by atoms with Crippen molar-refractivity contribution in [1.82, 2.24) is 4.98 Å². The highest BCUT2D eigenvalue weighted by Gasteiger charge is 2.21. The smallest absolute Gasteiger partial charge is 0.335 e. The molecule has 1 aromatic carbocycles. The molecule has 1 heterocycles. The van der Waals surface area contributed by atoms with Crippen LogP contribution in [0, 0.1) is 12.7 Å². The molecule has 0 fully saturated rings. The average Bonchev–Trinajstić information content (AvgIpc) is 2.82. The van der Waals surface area contributed by atoms with Crippen LogP contribution in [0.4, 0.5) is 4.39 Å². The van der Waals surface area contributed by atoms with Gasteiger partial charge in [0.25, 0.3) is 0 Å². The number of thiazole rings is 1.